The number of methoxy groups -OCH3 is 3. The van der Waals surface area contributed by atoms with Crippen LogP contribution in [0.2, 0.25) is 10.0 Å². The van der Waals surface area contributed by atoms with Crippen LogP contribution >= 0.6 is 23.2 Å². The van der Waals surface area contributed by atoms with E-state index >= 15 is 0 Å². The van der Waals surface area contributed by atoms with Gasteiger partial charge in [-0.15, -0.1) is 0 Å². The number of hydrogen-bond donors (Lipinski definition) is 1. The Kier molecular flexibility index (Phi) is 9.41. The topological polar surface area (TPSA) is 117 Å². The molecule has 0 bridgehead atoms. The normalized spacial score (nSPS) is 18.6. The first kappa shape index (κ1) is 34.4. The van der Waals surface area contributed by atoms with Crippen LogP contribution in [-0.4, -0.2) is 69.9 Å². The second-order valence-electron chi connectivity index (χ2n) is 12.4. The number of likely N-dealkylation sites (N-methyl/N-ethyl adjacent to an activating group) is 1. The molecule has 12 heteroatoms. The first-order valence-electron chi connectivity index (χ1n) is 15.7. The summed E-state index contributed by atoms with van der Waals surface area (Å²) >= 11 is 12.9. The van der Waals surface area contributed by atoms with E-state index in [2.05, 4.69) is 5.32 Å². The van der Waals surface area contributed by atoms with E-state index in [0.29, 0.717) is 33.4 Å². The molecule has 1 amide bonds. The molecule has 10 nitrogen and oxygen atoms in total. The van der Waals surface area contributed by atoms with Crippen molar-refractivity contribution in [2.45, 2.75) is 31.4 Å². The standard InChI is InChI=1S/C37H36Cl2N2O8/c1-19-14-27-30(35(43)37(19)36(44)31-26(46-5)17-28(47-6)32(39)34(31)49-37)24(33(48-27)20-10-12-23(45-4)13-11-20)16-29(42)40-18-25(41(2)3)21-8-7-9-22(38)15-21/h7-13,15,17,19,25H,14,16,18H2,1-6H3,(H,40,42). The molecule has 1 spiro atoms. The number of fused-ring (bicyclic) bond motifs is 2. The van der Waals surface area contributed by atoms with Gasteiger partial charge in [0.25, 0.3) is 0 Å². The third-order valence-corrected chi connectivity index (χ3v) is 9.88. The molecular weight excluding hydrogens is 671 g/mol. The summed E-state index contributed by atoms with van der Waals surface area (Å²) in [5, 5.41) is 3.67. The summed E-state index contributed by atoms with van der Waals surface area (Å²) < 4.78 is 29.0. The van der Waals surface area contributed by atoms with Crippen molar-refractivity contribution >= 4 is 40.7 Å². The maximum absolute atomic E-state index is 14.8. The molecule has 3 aromatic carbocycles. The molecule has 2 heterocycles. The summed E-state index contributed by atoms with van der Waals surface area (Å²) in [6.45, 7) is 2.03. The fraction of sp³-hybridized carbons (Fsp3) is 0.324. The number of rotatable bonds is 10. The maximum atomic E-state index is 14.8. The van der Waals surface area contributed by atoms with Gasteiger partial charge in [0.15, 0.2) is 5.75 Å². The molecular formula is C37H36Cl2N2O8. The van der Waals surface area contributed by atoms with Crippen LogP contribution in [0.15, 0.2) is 59.0 Å². The SMILES string of the molecule is COc1ccc(-c2oc3c(c2CC(=O)NCC(c2cccc(Cl)c2)N(C)C)C(=O)C2(Oc4c(Cl)c(OC)cc(OC)c4C2=O)C(C)C3)cc1. The zero-order valence-electron chi connectivity index (χ0n) is 27.9. The highest BCUT2D eigenvalue weighted by atomic mass is 35.5. The van der Waals surface area contributed by atoms with Crippen molar-refractivity contribution < 1.29 is 37.7 Å². The number of amides is 1. The first-order valence-corrected chi connectivity index (χ1v) is 16.4. The van der Waals surface area contributed by atoms with E-state index in [1.54, 1.807) is 44.4 Å². The van der Waals surface area contributed by atoms with E-state index in [9.17, 15) is 14.4 Å². The molecule has 2 aliphatic rings. The third-order valence-electron chi connectivity index (χ3n) is 9.29. The van der Waals surface area contributed by atoms with Crippen LogP contribution in [0.5, 0.6) is 23.0 Å². The Balaban J connectivity index is 1.41. The zero-order chi connectivity index (χ0) is 35.2. The van der Waals surface area contributed by atoms with Crippen LogP contribution in [0.1, 0.15) is 50.6 Å². The first-order chi connectivity index (χ1) is 23.4. The average Bonchev–Trinajstić information content (AvgIpc) is 3.60. The number of nitrogens with one attached hydrogen (secondary N) is 1. The van der Waals surface area contributed by atoms with Gasteiger partial charge in [-0.2, -0.15) is 0 Å². The quantitative estimate of drug-likeness (QED) is 0.181. The number of Topliss-reactive ketones (excluding diaryl/α,β-unsaturated/α-hetero) is 2. The molecule has 4 aromatic rings. The van der Waals surface area contributed by atoms with Crippen LogP contribution in [-0.2, 0) is 17.6 Å². The molecule has 49 heavy (non-hydrogen) atoms. The summed E-state index contributed by atoms with van der Waals surface area (Å²) in [5.41, 5.74) is 0.154. The Morgan fingerprint density at radius 1 is 0.980 bits per heavy atom. The van der Waals surface area contributed by atoms with E-state index in [1.807, 2.05) is 37.2 Å². The Labute approximate surface area is 294 Å². The van der Waals surface area contributed by atoms with Gasteiger partial charge in [0.05, 0.1) is 39.4 Å². The number of carbonyl (C=O) groups is 3. The lowest BCUT2D eigenvalue weighted by Gasteiger charge is -2.35. The number of ketones is 2. The number of hydrogen-bond acceptors (Lipinski definition) is 9. The van der Waals surface area contributed by atoms with Crippen LogP contribution in [0, 0.1) is 5.92 Å². The highest BCUT2D eigenvalue weighted by Crippen LogP contribution is 2.54. The second kappa shape index (κ2) is 13.4. The number of furan rings is 1. The van der Waals surface area contributed by atoms with Crippen molar-refractivity contribution in [3.05, 3.63) is 92.7 Å². The van der Waals surface area contributed by atoms with Crippen LogP contribution in [0.25, 0.3) is 11.3 Å². The predicted molar refractivity (Wildman–Crippen MR) is 185 cm³/mol. The van der Waals surface area contributed by atoms with Crippen molar-refractivity contribution in [3.63, 3.8) is 0 Å². The molecule has 0 radical (unpaired) electrons. The van der Waals surface area contributed by atoms with Gasteiger partial charge in [0.2, 0.25) is 23.1 Å². The second-order valence-corrected chi connectivity index (χ2v) is 13.2. The number of carbonyl (C=O) groups excluding carboxylic acids is 3. The molecule has 0 saturated carbocycles. The molecule has 0 fully saturated rings. The maximum Gasteiger partial charge on any atom is 0.237 e. The van der Waals surface area contributed by atoms with Gasteiger partial charge in [0, 0.05) is 41.1 Å². The van der Waals surface area contributed by atoms with Gasteiger partial charge in [-0.3, -0.25) is 14.4 Å². The van der Waals surface area contributed by atoms with Crippen molar-refractivity contribution in [2.75, 3.05) is 42.0 Å². The van der Waals surface area contributed by atoms with Crippen LogP contribution in [0.3, 0.4) is 0 Å². The lowest BCUT2D eigenvalue weighted by molar-refractivity contribution is -0.120. The van der Waals surface area contributed by atoms with Gasteiger partial charge in [-0.25, -0.2) is 0 Å². The zero-order valence-corrected chi connectivity index (χ0v) is 29.5. The summed E-state index contributed by atoms with van der Waals surface area (Å²) in [6, 6.07) is 15.9. The Morgan fingerprint density at radius 2 is 1.67 bits per heavy atom. The number of ether oxygens (including phenoxy) is 4. The molecule has 3 unspecified atom stereocenters. The predicted octanol–water partition coefficient (Wildman–Crippen LogP) is 6.63. The minimum atomic E-state index is -1.96. The van der Waals surface area contributed by atoms with Crippen molar-refractivity contribution in [3.8, 4) is 34.3 Å². The largest absolute Gasteiger partial charge is 0.497 e. The minimum Gasteiger partial charge on any atom is -0.497 e. The number of nitrogens with zero attached hydrogens (tertiary/aromatic N) is 1. The Hall–Kier alpha value is -4.51. The van der Waals surface area contributed by atoms with E-state index in [1.165, 1.54) is 20.3 Å². The Bertz CT molecular complexity index is 1950. The molecule has 6 rings (SSSR count). The third kappa shape index (κ3) is 5.81. The highest BCUT2D eigenvalue weighted by Gasteiger charge is 2.63. The molecule has 0 saturated heterocycles. The van der Waals surface area contributed by atoms with Crippen molar-refractivity contribution in [1.29, 1.82) is 0 Å². The molecule has 1 N–H and O–H groups in total. The van der Waals surface area contributed by atoms with E-state index in [4.69, 9.17) is 46.6 Å². The van der Waals surface area contributed by atoms with E-state index < -0.39 is 23.1 Å². The van der Waals surface area contributed by atoms with E-state index in [0.717, 1.165) is 5.56 Å². The summed E-state index contributed by atoms with van der Waals surface area (Å²) in [5.74, 6) is -0.438. The molecule has 1 aromatic heterocycles. The molecule has 256 valence electrons. The fourth-order valence-corrected chi connectivity index (χ4v) is 7.19. The smallest absolute Gasteiger partial charge is 0.237 e. The lowest BCUT2D eigenvalue weighted by atomic mass is 9.70. The number of benzene rings is 3. The lowest BCUT2D eigenvalue weighted by Crippen LogP contribution is -2.56. The van der Waals surface area contributed by atoms with Crippen LogP contribution < -0.4 is 24.3 Å². The summed E-state index contributed by atoms with van der Waals surface area (Å²) in [6.07, 6.45) is -0.0226. The van der Waals surface area contributed by atoms with Gasteiger partial charge in [-0.1, -0.05) is 42.3 Å². The van der Waals surface area contributed by atoms with Gasteiger partial charge in [-0.05, 0) is 56.1 Å². The summed E-state index contributed by atoms with van der Waals surface area (Å²) in [7, 11) is 8.23. The minimum absolute atomic E-state index is 0.0143. The van der Waals surface area contributed by atoms with Crippen molar-refractivity contribution in [1.82, 2.24) is 10.2 Å². The average molecular weight is 708 g/mol. The Morgan fingerprint density at radius 3 is 2.31 bits per heavy atom. The monoisotopic (exact) mass is 706 g/mol. The van der Waals surface area contributed by atoms with Crippen LogP contribution in [0.4, 0.5) is 0 Å². The molecule has 3 atom stereocenters. The fourth-order valence-electron chi connectivity index (χ4n) is 6.72. The summed E-state index contributed by atoms with van der Waals surface area (Å²) in [4.78, 5) is 44.9. The molecule has 1 aliphatic carbocycles. The van der Waals surface area contributed by atoms with Gasteiger partial charge in [0.1, 0.15) is 39.4 Å². The van der Waals surface area contributed by atoms with E-state index in [-0.39, 0.29) is 64.7 Å². The van der Waals surface area contributed by atoms with Gasteiger partial charge >= 0.3 is 0 Å². The molecule has 1 aliphatic heterocycles. The van der Waals surface area contributed by atoms with Crippen molar-refractivity contribution in [2.24, 2.45) is 5.92 Å². The van der Waals surface area contributed by atoms with Gasteiger partial charge < -0.3 is 33.6 Å². The highest BCUT2D eigenvalue weighted by molar-refractivity contribution is 6.36. The number of halogens is 2.